The van der Waals surface area contributed by atoms with Crippen LogP contribution in [0, 0.1) is 6.92 Å². The molecule has 0 unspecified atom stereocenters. The lowest BCUT2D eigenvalue weighted by Crippen LogP contribution is -2.21. The van der Waals surface area contributed by atoms with Gasteiger partial charge in [0.1, 0.15) is 0 Å². The molecule has 0 aliphatic carbocycles. The van der Waals surface area contributed by atoms with Gasteiger partial charge in [0.15, 0.2) is 10.6 Å². The van der Waals surface area contributed by atoms with Crippen molar-refractivity contribution >= 4 is 28.5 Å². The second kappa shape index (κ2) is 8.26. The highest BCUT2D eigenvalue weighted by Crippen LogP contribution is 2.20. The molecule has 0 bridgehead atoms. The normalized spacial score (nSPS) is 11.8. The van der Waals surface area contributed by atoms with Gasteiger partial charge < -0.3 is 14.6 Å². The van der Waals surface area contributed by atoms with Gasteiger partial charge in [0.05, 0.1) is 17.2 Å². The number of ketones is 1. The van der Waals surface area contributed by atoms with Gasteiger partial charge in [-0.25, -0.2) is 4.99 Å². The minimum Gasteiger partial charge on any atom is -0.395 e. The summed E-state index contributed by atoms with van der Waals surface area (Å²) in [4.78, 5) is 20.1. The van der Waals surface area contributed by atoms with Crippen LogP contribution in [0.15, 0.2) is 29.3 Å². The second-order valence-electron chi connectivity index (χ2n) is 5.53. The number of carbonyl (C=O) groups excluding carboxylic acids is 1. The van der Waals surface area contributed by atoms with Gasteiger partial charge in [-0.2, -0.15) is 0 Å². The molecule has 1 aromatic carbocycles. The van der Waals surface area contributed by atoms with Crippen molar-refractivity contribution in [3.05, 3.63) is 39.6 Å². The lowest BCUT2D eigenvalue weighted by atomic mass is 10.2. The van der Waals surface area contributed by atoms with Crippen LogP contribution >= 0.6 is 11.3 Å². The van der Waals surface area contributed by atoms with Gasteiger partial charge in [-0.1, -0.05) is 11.3 Å². The summed E-state index contributed by atoms with van der Waals surface area (Å²) in [5, 5.41) is 9.29. The number of nitrogens with zero attached hydrogens (tertiary/aromatic N) is 3. The third-order valence-corrected chi connectivity index (χ3v) is 5.29. The van der Waals surface area contributed by atoms with Gasteiger partial charge in [0, 0.05) is 37.9 Å². The molecule has 0 saturated carbocycles. The summed E-state index contributed by atoms with van der Waals surface area (Å²) in [6.45, 7) is 10.1. The second-order valence-corrected chi connectivity index (χ2v) is 6.51. The van der Waals surface area contributed by atoms with Crippen LogP contribution in [0.5, 0.6) is 0 Å². The fourth-order valence-electron chi connectivity index (χ4n) is 2.70. The van der Waals surface area contributed by atoms with Gasteiger partial charge in [-0.05, 0) is 45.0 Å². The van der Waals surface area contributed by atoms with E-state index in [-0.39, 0.29) is 12.4 Å². The third kappa shape index (κ3) is 3.94. The molecule has 2 aromatic rings. The predicted molar refractivity (Wildman–Crippen MR) is 99.4 cm³/mol. The molecule has 1 N–H and O–H groups in total. The molecular formula is C18H25N3O2S. The molecule has 0 atom stereocenters. The van der Waals surface area contributed by atoms with Crippen molar-refractivity contribution in [2.45, 2.75) is 34.2 Å². The van der Waals surface area contributed by atoms with Gasteiger partial charge >= 0.3 is 0 Å². The van der Waals surface area contributed by atoms with Crippen LogP contribution in [0.2, 0.25) is 0 Å². The molecule has 5 nitrogen and oxygen atoms in total. The number of hydrogen-bond donors (Lipinski definition) is 1. The van der Waals surface area contributed by atoms with Crippen molar-refractivity contribution in [3.8, 4) is 0 Å². The summed E-state index contributed by atoms with van der Waals surface area (Å²) in [5.74, 6) is 0.0301. The Hall–Kier alpha value is -1.92. The van der Waals surface area contributed by atoms with Gasteiger partial charge in [0.2, 0.25) is 0 Å². The Labute approximate surface area is 146 Å². The molecule has 0 saturated heterocycles. The monoisotopic (exact) mass is 347 g/mol. The average molecular weight is 347 g/mol. The molecule has 1 aromatic heterocycles. The van der Waals surface area contributed by atoms with Crippen LogP contribution in [0.25, 0.3) is 0 Å². The minimum absolute atomic E-state index is 0.0169. The van der Waals surface area contributed by atoms with Gasteiger partial charge in [-0.15, -0.1) is 0 Å². The van der Waals surface area contributed by atoms with E-state index in [1.807, 2.05) is 23.6 Å². The first-order valence-corrected chi connectivity index (χ1v) is 9.05. The Morgan fingerprint density at radius 2 is 1.88 bits per heavy atom. The maximum Gasteiger partial charge on any atom is 0.190 e. The summed E-state index contributed by atoms with van der Waals surface area (Å²) in [5.41, 5.74) is 2.88. The number of aliphatic hydroxyl groups is 1. The molecule has 24 heavy (non-hydrogen) atoms. The number of carbonyl (C=O) groups is 1. The van der Waals surface area contributed by atoms with E-state index in [0.29, 0.717) is 11.4 Å². The highest BCUT2D eigenvalue weighted by Gasteiger charge is 2.13. The first-order valence-electron chi connectivity index (χ1n) is 8.23. The number of anilines is 1. The lowest BCUT2D eigenvalue weighted by molar-refractivity contribution is 0.102. The molecule has 0 aliphatic heterocycles. The van der Waals surface area contributed by atoms with Crippen LogP contribution in [-0.2, 0) is 6.54 Å². The van der Waals surface area contributed by atoms with Crippen LogP contribution in [0.3, 0.4) is 0 Å². The quantitative estimate of drug-likeness (QED) is 0.783. The van der Waals surface area contributed by atoms with Crippen molar-refractivity contribution in [1.29, 1.82) is 0 Å². The van der Waals surface area contributed by atoms with E-state index >= 15 is 0 Å². The Kier molecular flexibility index (Phi) is 6.34. The fraction of sp³-hybridized carbons (Fsp3) is 0.444. The first-order chi connectivity index (χ1) is 11.5. The van der Waals surface area contributed by atoms with Crippen LogP contribution < -0.4 is 9.70 Å². The topological polar surface area (TPSA) is 57.8 Å². The number of hydrogen-bond acceptors (Lipinski definition) is 5. The van der Waals surface area contributed by atoms with Crippen LogP contribution in [0.1, 0.15) is 36.1 Å². The summed E-state index contributed by atoms with van der Waals surface area (Å²) in [7, 11) is 0. The summed E-state index contributed by atoms with van der Waals surface area (Å²) >= 11 is 1.37. The first kappa shape index (κ1) is 18.4. The third-order valence-electron chi connectivity index (χ3n) is 4.00. The number of benzene rings is 1. The molecule has 0 radical (unpaired) electrons. The predicted octanol–water partition coefficient (Wildman–Crippen LogP) is 3.13. The fourth-order valence-corrected chi connectivity index (χ4v) is 3.77. The summed E-state index contributed by atoms with van der Waals surface area (Å²) < 4.78 is 1.90. The van der Waals surface area contributed by atoms with Crippen molar-refractivity contribution < 1.29 is 9.90 Å². The number of thiazole rings is 1. The highest BCUT2D eigenvalue weighted by atomic mass is 32.1. The zero-order valence-electron chi connectivity index (χ0n) is 14.7. The average Bonchev–Trinajstić information content (AvgIpc) is 2.87. The zero-order valence-corrected chi connectivity index (χ0v) is 15.6. The van der Waals surface area contributed by atoms with Crippen molar-refractivity contribution in [2.24, 2.45) is 4.99 Å². The van der Waals surface area contributed by atoms with Gasteiger partial charge in [-0.3, -0.25) is 4.79 Å². The Balaban J connectivity index is 2.43. The number of aliphatic hydroxyl groups excluding tert-OH is 1. The minimum atomic E-state index is 0.0169. The van der Waals surface area contributed by atoms with E-state index in [4.69, 9.17) is 0 Å². The number of rotatable bonds is 7. The Morgan fingerprint density at radius 3 is 2.38 bits per heavy atom. The van der Waals surface area contributed by atoms with E-state index in [1.165, 1.54) is 17.0 Å². The standard InChI is InChI=1S/C18H25N3O2S/c1-5-20(6-2)16-9-7-15(8-10-16)19-18-21(11-12-22)13(3)17(24-18)14(4)23/h7-10,22H,5-6,11-12H2,1-4H3. The van der Waals surface area contributed by atoms with Gasteiger partial charge in [0.25, 0.3) is 0 Å². The van der Waals surface area contributed by atoms with E-state index in [1.54, 1.807) is 6.92 Å². The van der Waals surface area contributed by atoms with Crippen LogP contribution in [0.4, 0.5) is 11.4 Å². The molecule has 0 amide bonds. The summed E-state index contributed by atoms with van der Waals surface area (Å²) in [6, 6.07) is 8.10. The molecule has 2 rings (SSSR count). The molecular weight excluding hydrogens is 322 g/mol. The van der Waals surface area contributed by atoms with E-state index in [0.717, 1.165) is 29.3 Å². The SMILES string of the molecule is CCN(CC)c1ccc(N=c2sc(C(C)=O)c(C)n2CCO)cc1. The lowest BCUT2D eigenvalue weighted by Gasteiger charge is -2.20. The molecule has 0 aliphatic rings. The molecule has 1 heterocycles. The Morgan fingerprint density at radius 1 is 1.25 bits per heavy atom. The maximum atomic E-state index is 11.8. The van der Waals surface area contributed by atoms with E-state index in [2.05, 4.69) is 35.9 Å². The maximum absolute atomic E-state index is 11.8. The highest BCUT2D eigenvalue weighted by molar-refractivity contribution is 7.11. The van der Waals surface area contributed by atoms with E-state index in [9.17, 15) is 9.90 Å². The smallest absolute Gasteiger partial charge is 0.190 e. The number of aromatic nitrogens is 1. The van der Waals surface area contributed by atoms with Crippen molar-refractivity contribution in [1.82, 2.24) is 4.57 Å². The molecule has 0 fully saturated rings. The van der Waals surface area contributed by atoms with Crippen molar-refractivity contribution in [3.63, 3.8) is 0 Å². The van der Waals surface area contributed by atoms with Crippen molar-refractivity contribution in [2.75, 3.05) is 24.6 Å². The van der Waals surface area contributed by atoms with Crippen LogP contribution in [-0.4, -0.2) is 35.2 Å². The largest absolute Gasteiger partial charge is 0.395 e. The summed E-state index contributed by atoms with van der Waals surface area (Å²) in [6.07, 6.45) is 0. The molecule has 130 valence electrons. The molecule has 0 spiro atoms. The zero-order chi connectivity index (χ0) is 17.7. The Bertz CT molecular complexity index is 756. The number of Topliss-reactive ketones (excluding diaryl/α,β-unsaturated/α-hetero) is 1. The molecule has 6 heteroatoms. The van der Waals surface area contributed by atoms with E-state index < -0.39 is 0 Å².